The Morgan fingerprint density at radius 3 is 2.23 bits per heavy atom. The van der Waals surface area contributed by atoms with Crippen molar-refractivity contribution in [2.75, 3.05) is 14.2 Å². The smallest absolute Gasteiger partial charge is 0.226 e. The summed E-state index contributed by atoms with van der Waals surface area (Å²) >= 11 is 0. The highest BCUT2D eigenvalue weighted by atomic mass is 16.5. The van der Waals surface area contributed by atoms with Crippen LogP contribution in [0.5, 0.6) is 11.5 Å². The second-order valence-electron chi connectivity index (χ2n) is 7.02. The van der Waals surface area contributed by atoms with Gasteiger partial charge in [-0.1, -0.05) is 6.42 Å². The molecule has 1 heterocycles. The first-order chi connectivity index (χ1) is 10.5. The summed E-state index contributed by atoms with van der Waals surface area (Å²) in [6.45, 7) is 4.98. The Balaban J connectivity index is 1.94. The molecule has 0 radical (unpaired) electrons. The molecule has 0 saturated heterocycles. The minimum atomic E-state index is -0.153. The number of hydrogen-bond donors (Lipinski definition) is 0. The lowest BCUT2D eigenvalue weighted by Crippen LogP contribution is -2.54. The normalized spacial score (nSPS) is 20.1. The summed E-state index contributed by atoms with van der Waals surface area (Å²) < 4.78 is 10.8. The van der Waals surface area contributed by atoms with Gasteiger partial charge in [0.25, 0.3) is 0 Å². The van der Waals surface area contributed by atoms with Crippen molar-refractivity contribution in [3.05, 3.63) is 23.3 Å². The Hall–Kier alpha value is -1.71. The van der Waals surface area contributed by atoms with Crippen LogP contribution in [0.15, 0.2) is 12.1 Å². The van der Waals surface area contributed by atoms with Gasteiger partial charge in [0.15, 0.2) is 11.5 Å². The summed E-state index contributed by atoms with van der Waals surface area (Å²) in [6, 6.07) is 4.07. The Labute approximate surface area is 132 Å². The van der Waals surface area contributed by atoms with E-state index >= 15 is 0 Å². The zero-order valence-corrected chi connectivity index (χ0v) is 13.9. The molecule has 0 spiro atoms. The summed E-state index contributed by atoms with van der Waals surface area (Å²) in [7, 11) is 3.30. The van der Waals surface area contributed by atoms with E-state index < -0.39 is 0 Å². The van der Waals surface area contributed by atoms with Crippen molar-refractivity contribution < 1.29 is 14.3 Å². The van der Waals surface area contributed by atoms with Gasteiger partial charge in [-0.2, -0.15) is 0 Å². The second-order valence-corrected chi connectivity index (χ2v) is 7.02. The molecule has 1 fully saturated rings. The van der Waals surface area contributed by atoms with Crippen molar-refractivity contribution in [1.82, 2.24) is 4.90 Å². The minimum Gasteiger partial charge on any atom is -0.493 e. The minimum absolute atomic E-state index is 0.153. The molecule has 1 aliphatic heterocycles. The number of carbonyl (C=O) groups excluding carboxylic acids is 1. The molecule has 1 aromatic carbocycles. The van der Waals surface area contributed by atoms with Gasteiger partial charge < -0.3 is 14.4 Å². The van der Waals surface area contributed by atoms with E-state index in [1.807, 2.05) is 6.07 Å². The van der Waals surface area contributed by atoms with Gasteiger partial charge >= 0.3 is 0 Å². The Kier molecular flexibility index (Phi) is 3.79. The molecular weight excluding hydrogens is 278 g/mol. The lowest BCUT2D eigenvalue weighted by atomic mass is 9.80. The van der Waals surface area contributed by atoms with E-state index in [0.29, 0.717) is 12.5 Å². The van der Waals surface area contributed by atoms with Crippen LogP contribution in [-0.4, -0.2) is 30.6 Å². The summed E-state index contributed by atoms with van der Waals surface area (Å²) in [5.41, 5.74) is 2.27. The zero-order valence-electron chi connectivity index (χ0n) is 13.9. The van der Waals surface area contributed by atoms with E-state index in [9.17, 15) is 4.79 Å². The summed E-state index contributed by atoms with van der Waals surface area (Å²) in [4.78, 5) is 14.8. The van der Waals surface area contributed by atoms with E-state index in [-0.39, 0.29) is 11.5 Å². The van der Waals surface area contributed by atoms with Gasteiger partial charge in [0, 0.05) is 18.0 Å². The second kappa shape index (κ2) is 5.49. The Morgan fingerprint density at radius 2 is 1.73 bits per heavy atom. The van der Waals surface area contributed by atoms with Crippen molar-refractivity contribution in [2.45, 2.75) is 51.6 Å². The van der Waals surface area contributed by atoms with Gasteiger partial charge in [-0.3, -0.25) is 4.79 Å². The molecule has 1 amide bonds. The topological polar surface area (TPSA) is 38.8 Å². The molecule has 3 rings (SSSR count). The Bertz CT molecular complexity index is 590. The third-order valence-corrected chi connectivity index (χ3v) is 5.11. The van der Waals surface area contributed by atoms with Crippen molar-refractivity contribution in [2.24, 2.45) is 5.92 Å². The highest BCUT2D eigenvalue weighted by molar-refractivity contribution is 5.80. The fraction of sp³-hybridized carbons (Fsp3) is 0.611. The van der Waals surface area contributed by atoms with Crippen LogP contribution in [0.3, 0.4) is 0 Å². The average molecular weight is 303 g/mol. The zero-order chi connectivity index (χ0) is 15.9. The van der Waals surface area contributed by atoms with Crippen molar-refractivity contribution in [1.29, 1.82) is 0 Å². The van der Waals surface area contributed by atoms with Gasteiger partial charge in [-0.15, -0.1) is 0 Å². The molecule has 0 bridgehead atoms. The first-order valence-electron chi connectivity index (χ1n) is 8.01. The molecule has 0 aromatic heterocycles. The maximum absolute atomic E-state index is 12.8. The van der Waals surface area contributed by atoms with E-state index in [1.54, 1.807) is 14.2 Å². The third kappa shape index (κ3) is 2.44. The molecular formula is C18H25NO3. The average Bonchev–Trinajstić information content (AvgIpc) is 2.42. The van der Waals surface area contributed by atoms with Crippen LogP contribution in [-0.2, 0) is 17.8 Å². The first kappa shape index (κ1) is 15.2. The molecule has 0 unspecified atom stereocenters. The lowest BCUT2D eigenvalue weighted by Gasteiger charge is -2.46. The fourth-order valence-corrected chi connectivity index (χ4v) is 3.47. The number of methoxy groups -OCH3 is 2. The fourth-order valence-electron chi connectivity index (χ4n) is 3.47. The highest BCUT2D eigenvalue weighted by Crippen LogP contribution is 2.40. The van der Waals surface area contributed by atoms with E-state index in [1.165, 1.54) is 17.5 Å². The van der Waals surface area contributed by atoms with Crippen LogP contribution in [0.2, 0.25) is 0 Å². The van der Waals surface area contributed by atoms with Crippen LogP contribution in [0.1, 0.15) is 44.2 Å². The van der Waals surface area contributed by atoms with Crippen LogP contribution in [0, 0.1) is 5.92 Å². The van der Waals surface area contributed by atoms with Crippen molar-refractivity contribution in [3.8, 4) is 11.5 Å². The first-order valence-corrected chi connectivity index (χ1v) is 8.01. The van der Waals surface area contributed by atoms with E-state index in [2.05, 4.69) is 24.8 Å². The number of ether oxygens (including phenoxy) is 2. The molecule has 1 aromatic rings. The number of hydrogen-bond acceptors (Lipinski definition) is 3. The van der Waals surface area contributed by atoms with Gasteiger partial charge in [-0.25, -0.2) is 0 Å². The highest BCUT2D eigenvalue weighted by Gasteiger charge is 2.40. The predicted octanol–water partition coefficient (Wildman–Crippen LogP) is 3.17. The molecule has 0 N–H and O–H groups in total. The van der Waals surface area contributed by atoms with Gasteiger partial charge in [0.2, 0.25) is 5.91 Å². The van der Waals surface area contributed by atoms with Crippen molar-refractivity contribution in [3.63, 3.8) is 0 Å². The maximum atomic E-state index is 12.8. The third-order valence-electron chi connectivity index (χ3n) is 5.11. The van der Waals surface area contributed by atoms with Gasteiger partial charge in [0.05, 0.1) is 14.2 Å². The molecule has 2 aliphatic rings. The lowest BCUT2D eigenvalue weighted by molar-refractivity contribution is -0.145. The van der Waals surface area contributed by atoms with Crippen LogP contribution >= 0.6 is 0 Å². The summed E-state index contributed by atoms with van der Waals surface area (Å²) in [6.07, 6.45) is 4.13. The number of amides is 1. The standard InChI is InChI=1S/C18H25NO3/c1-18(2)10-13-8-15(21-3)16(22-4)9-14(13)11-19(18)17(20)12-6-5-7-12/h8-9,12H,5-7,10-11H2,1-4H3. The largest absolute Gasteiger partial charge is 0.493 e. The molecule has 120 valence electrons. The molecule has 1 saturated carbocycles. The van der Waals surface area contributed by atoms with Gasteiger partial charge in [0.1, 0.15) is 0 Å². The number of fused-ring (bicyclic) bond motifs is 1. The predicted molar refractivity (Wildman–Crippen MR) is 85.2 cm³/mol. The van der Waals surface area contributed by atoms with Crippen LogP contribution in [0.25, 0.3) is 0 Å². The molecule has 4 nitrogen and oxygen atoms in total. The maximum Gasteiger partial charge on any atom is 0.226 e. The quantitative estimate of drug-likeness (QED) is 0.861. The monoisotopic (exact) mass is 303 g/mol. The van der Waals surface area contributed by atoms with Crippen molar-refractivity contribution >= 4 is 5.91 Å². The number of benzene rings is 1. The molecule has 1 aliphatic carbocycles. The molecule has 4 heteroatoms. The Morgan fingerprint density at radius 1 is 1.14 bits per heavy atom. The van der Waals surface area contributed by atoms with E-state index in [4.69, 9.17) is 9.47 Å². The number of rotatable bonds is 3. The molecule has 22 heavy (non-hydrogen) atoms. The molecule has 0 atom stereocenters. The summed E-state index contributed by atoms with van der Waals surface area (Å²) in [5.74, 6) is 2.05. The SMILES string of the molecule is COc1cc2c(cc1OC)CC(C)(C)N(C(=O)C1CCC1)C2. The van der Waals surface area contributed by atoms with Crippen LogP contribution < -0.4 is 9.47 Å². The summed E-state index contributed by atoms with van der Waals surface area (Å²) in [5, 5.41) is 0. The van der Waals surface area contributed by atoms with Gasteiger partial charge in [-0.05, 0) is 56.4 Å². The van der Waals surface area contributed by atoms with E-state index in [0.717, 1.165) is 30.8 Å². The number of carbonyl (C=O) groups is 1. The number of nitrogens with zero attached hydrogens (tertiary/aromatic N) is 1. The van der Waals surface area contributed by atoms with Crippen LogP contribution in [0.4, 0.5) is 0 Å².